The van der Waals surface area contributed by atoms with Crippen LogP contribution in [0, 0.1) is 5.92 Å². The van der Waals surface area contributed by atoms with E-state index in [-0.39, 0.29) is 18.1 Å². The highest BCUT2D eigenvalue weighted by atomic mass is 16.5. The van der Waals surface area contributed by atoms with Crippen LogP contribution in [0.25, 0.3) is 10.9 Å². The van der Waals surface area contributed by atoms with Crippen LogP contribution in [0.4, 0.5) is 5.69 Å². The van der Waals surface area contributed by atoms with Crippen molar-refractivity contribution in [2.45, 2.75) is 26.8 Å². The molecule has 150 valence electrons. The lowest BCUT2D eigenvalue weighted by molar-refractivity contribution is -0.120. The summed E-state index contributed by atoms with van der Waals surface area (Å²) in [6, 6.07) is 12.4. The molecule has 0 aliphatic heterocycles. The number of nitrogens with one attached hydrogen (secondary N) is 1. The normalized spacial score (nSPS) is 12.0. The first-order valence-corrected chi connectivity index (χ1v) is 9.34. The summed E-state index contributed by atoms with van der Waals surface area (Å²) in [5.74, 6) is -1.12. The number of esters is 1. The second-order valence-corrected chi connectivity index (χ2v) is 6.84. The maximum absolute atomic E-state index is 13.0. The van der Waals surface area contributed by atoms with Gasteiger partial charge in [-0.05, 0) is 43.2 Å². The van der Waals surface area contributed by atoms with E-state index in [1.54, 1.807) is 49.4 Å². The van der Waals surface area contributed by atoms with E-state index in [1.807, 2.05) is 13.8 Å². The predicted molar refractivity (Wildman–Crippen MR) is 109 cm³/mol. The number of carbonyl (C=O) groups is 2. The van der Waals surface area contributed by atoms with Crippen molar-refractivity contribution in [3.63, 3.8) is 0 Å². The largest absolute Gasteiger partial charge is 0.462 e. The van der Waals surface area contributed by atoms with E-state index < -0.39 is 17.9 Å². The van der Waals surface area contributed by atoms with Crippen molar-refractivity contribution in [2.24, 2.45) is 5.92 Å². The molecule has 3 aromatic rings. The standard InChI is InChI=1S/C21H22N4O4/c1-4-29-21(28)14-8-7-9-15(12-14)22-19(26)18(13(2)3)25-20(27)16-10-5-6-11-17(16)23-24-25/h5-13,18H,4H2,1-3H3,(H,22,26)/t18-/m1/s1. The Morgan fingerprint density at radius 1 is 1.14 bits per heavy atom. The number of anilines is 1. The molecular weight excluding hydrogens is 372 g/mol. The van der Waals surface area contributed by atoms with Crippen LogP contribution in [0.3, 0.4) is 0 Å². The van der Waals surface area contributed by atoms with Crippen LogP contribution in [0.2, 0.25) is 0 Å². The molecule has 0 bridgehead atoms. The highest BCUT2D eigenvalue weighted by Gasteiger charge is 2.27. The number of carbonyl (C=O) groups excluding carboxylic acids is 2. The van der Waals surface area contributed by atoms with Crippen LogP contribution in [0.15, 0.2) is 53.3 Å². The molecule has 1 heterocycles. The summed E-state index contributed by atoms with van der Waals surface area (Å²) in [5, 5.41) is 11.2. The zero-order valence-electron chi connectivity index (χ0n) is 16.5. The molecule has 0 unspecified atom stereocenters. The number of benzene rings is 2. The van der Waals surface area contributed by atoms with Gasteiger partial charge in [0.15, 0.2) is 0 Å². The Kier molecular flexibility index (Phi) is 6.01. The highest BCUT2D eigenvalue weighted by Crippen LogP contribution is 2.20. The number of hydrogen-bond donors (Lipinski definition) is 1. The quantitative estimate of drug-likeness (QED) is 0.645. The average molecular weight is 394 g/mol. The molecule has 0 spiro atoms. The summed E-state index contributed by atoms with van der Waals surface area (Å²) in [4.78, 5) is 37.8. The van der Waals surface area contributed by atoms with Gasteiger partial charge < -0.3 is 10.1 Å². The molecule has 1 aromatic heterocycles. The van der Waals surface area contributed by atoms with E-state index in [4.69, 9.17) is 4.74 Å². The van der Waals surface area contributed by atoms with Crippen LogP contribution in [-0.4, -0.2) is 33.5 Å². The molecule has 1 N–H and O–H groups in total. The number of aromatic nitrogens is 3. The Hall–Kier alpha value is -3.55. The Balaban J connectivity index is 1.92. The van der Waals surface area contributed by atoms with Crippen molar-refractivity contribution in [1.82, 2.24) is 15.0 Å². The van der Waals surface area contributed by atoms with Crippen molar-refractivity contribution >= 4 is 28.5 Å². The number of hydrogen-bond acceptors (Lipinski definition) is 6. The maximum atomic E-state index is 13.0. The van der Waals surface area contributed by atoms with Gasteiger partial charge in [0, 0.05) is 5.69 Å². The van der Waals surface area contributed by atoms with E-state index in [0.29, 0.717) is 22.2 Å². The van der Waals surface area contributed by atoms with Gasteiger partial charge in [0.2, 0.25) is 5.91 Å². The Labute approximate surface area is 167 Å². The van der Waals surface area contributed by atoms with Gasteiger partial charge in [-0.25, -0.2) is 4.79 Å². The topological polar surface area (TPSA) is 103 Å². The molecule has 2 aromatic carbocycles. The first-order valence-electron chi connectivity index (χ1n) is 9.34. The van der Waals surface area contributed by atoms with Crippen LogP contribution in [0.5, 0.6) is 0 Å². The van der Waals surface area contributed by atoms with Gasteiger partial charge in [0.05, 0.1) is 17.6 Å². The molecule has 3 rings (SSSR count). The van der Waals surface area contributed by atoms with Crippen molar-refractivity contribution in [3.8, 4) is 0 Å². The fourth-order valence-corrected chi connectivity index (χ4v) is 3.03. The molecular formula is C21H22N4O4. The van der Waals surface area contributed by atoms with Crippen molar-refractivity contribution in [2.75, 3.05) is 11.9 Å². The molecule has 0 radical (unpaired) electrons. The number of ether oxygens (including phenoxy) is 1. The molecule has 0 fully saturated rings. The van der Waals surface area contributed by atoms with E-state index in [2.05, 4.69) is 15.6 Å². The third-order valence-corrected chi connectivity index (χ3v) is 4.40. The Bertz CT molecular complexity index is 1110. The van der Waals surface area contributed by atoms with E-state index in [1.165, 1.54) is 6.07 Å². The number of rotatable bonds is 6. The molecule has 29 heavy (non-hydrogen) atoms. The molecule has 0 saturated heterocycles. The Morgan fingerprint density at radius 2 is 1.90 bits per heavy atom. The fraction of sp³-hybridized carbons (Fsp3) is 0.286. The first kappa shape index (κ1) is 20.2. The lowest BCUT2D eigenvalue weighted by Gasteiger charge is -2.21. The molecule has 1 amide bonds. The van der Waals surface area contributed by atoms with Gasteiger partial charge in [-0.15, -0.1) is 5.10 Å². The Morgan fingerprint density at radius 3 is 2.62 bits per heavy atom. The molecule has 0 aliphatic rings. The van der Waals surface area contributed by atoms with Crippen molar-refractivity contribution in [3.05, 3.63) is 64.4 Å². The van der Waals surface area contributed by atoms with Gasteiger partial charge in [0.1, 0.15) is 11.6 Å². The lowest BCUT2D eigenvalue weighted by Crippen LogP contribution is -2.38. The van der Waals surface area contributed by atoms with Gasteiger partial charge in [-0.1, -0.05) is 37.3 Å². The highest BCUT2D eigenvalue weighted by molar-refractivity contribution is 5.96. The number of fused-ring (bicyclic) bond motifs is 1. The monoisotopic (exact) mass is 394 g/mol. The third kappa shape index (κ3) is 4.31. The van der Waals surface area contributed by atoms with Crippen molar-refractivity contribution in [1.29, 1.82) is 0 Å². The fourth-order valence-electron chi connectivity index (χ4n) is 3.03. The average Bonchev–Trinajstić information content (AvgIpc) is 2.70. The maximum Gasteiger partial charge on any atom is 0.338 e. The lowest BCUT2D eigenvalue weighted by atomic mass is 10.0. The summed E-state index contributed by atoms with van der Waals surface area (Å²) in [6.45, 7) is 5.62. The molecule has 1 atom stereocenters. The summed E-state index contributed by atoms with van der Waals surface area (Å²) >= 11 is 0. The minimum atomic E-state index is -0.870. The summed E-state index contributed by atoms with van der Waals surface area (Å²) < 4.78 is 6.09. The van der Waals surface area contributed by atoms with Gasteiger partial charge in [0.25, 0.3) is 5.56 Å². The second kappa shape index (κ2) is 8.64. The van der Waals surface area contributed by atoms with Crippen LogP contribution < -0.4 is 10.9 Å². The smallest absolute Gasteiger partial charge is 0.338 e. The SMILES string of the molecule is CCOC(=O)c1cccc(NC(=O)[C@@H](C(C)C)n2nnc3ccccc3c2=O)c1. The first-order chi connectivity index (χ1) is 13.9. The van der Waals surface area contributed by atoms with E-state index in [9.17, 15) is 14.4 Å². The molecule has 0 saturated carbocycles. The minimum absolute atomic E-state index is 0.226. The van der Waals surface area contributed by atoms with Gasteiger partial charge in [-0.2, -0.15) is 4.68 Å². The summed E-state index contributed by atoms with van der Waals surface area (Å²) in [7, 11) is 0. The second-order valence-electron chi connectivity index (χ2n) is 6.84. The van der Waals surface area contributed by atoms with Gasteiger partial charge >= 0.3 is 5.97 Å². The molecule has 0 aliphatic carbocycles. The van der Waals surface area contributed by atoms with Gasteiger partial charge in [-0.3, -0.25) is 9.59 Å². The van der Waals surface area contributed by atoms with Crippen LogP contribution in [-0.2, 0) is 9.53 Å². The zero-order chi connectivity index (χ0) is 21.0. The minimum Gasteiger partial charge on any atom is -0.462 e. The predicted octanol–water partition coefficient (Wildman–Crippen LogP) is 2.80. The summed E-state index contributed by atoms with van der Waals surface area (Å²) in [5.41, 5.74) is 0.838. The van der Waals surface area contributed by atoms with E-state index >= 15 is 0 Å². The molecule has 8 nitrogen and oxygen atoms in total. The number of nitrogens with zero attached hydrogens (tertiary/aromatic N) is 3. The molecule has 8 heteroatoms. The van der Waals surface area contributed by atoms with Crippen LogP contribution >= 0.6 is 0 Å². The summed E-state index contributed by atoms with van der Waals surface area (Å²) in [6.07, 6.45) is 0. The zero-order valence-corrected chi connectivity index (χ0v) is 16.5. The third-order valence-electron chi connectivity index (χ3n) is 4.40. The van der Waals surface area contributed by atoms with Crippen molar-refractivity contribution < 1.29 is 14.3 Å². The van der Waals surface area contributed by atoms with E-state index in [0.717, 1.165) is 4.68 Å². The number of amides is 1. The van der Waals surface area contributed by atoms with Crippen LogP contribution in [0.1, 0.15) is 37.2 Å².